The highest BCUT2D eigenvalue weighted by Crippen LogP contribution is 2.26. The Bertz CT molecular complexity index is 1230. The molecular formula is C21H19N3O5S. The van der Waals surface area contributed by atoms with Crippen LogP contribution in [0, 0.1) is 6.92 Å². The molecule has 4 rings (SSSR count). The summed E-state index contributed by atoms with van der Waals surface area (Å²) >= 11 is 1.43. The van der Waals surface area contributed by atoms with Gasteiger partial charge in [-0.2, -0.15) is 4.98 Å². The number of rotatable bonds is 8. The minimum atomic E-state index is -0.416. The minimum Gasteiger partial charge on any atom is -0.462 e. The van der Waals surface area contributed by atoms with Gasteiger partial charge in [0.25, 0.3) is 0 Å². The van der Waals surface area contributed by atoms with Crippen LogP contribution in [0.15, 0.2) is 67.2 Å². The lowest BCUT2D eigenvalue weighted by Crippen LogP contribution is -2.16. The zero-order valence-electron chi connectivity index (χ0n) is 16.2. The van der Waals surface area contributed by atoms with Gasteiger partial charge in [-0.25, -0.2) is 9.59 Å². The molecule has 0 spiro atoms. The number of aromatic nitrogens is 3. The molecule has 0 saturated heterocycles. The summed E-state index contributed by atoms with van der Waals surface area (Å²) in [6.45, 7) is 2.34. The van der Waals surface area contributed by atoms with Gasteiger partial charge in [-0.3, -0.25) is 4.57 Å². The minimum absolute atomic E-state index is 0.187. The van der Waals surface area contributed by atoms with Gasteiger partial charge in [0.1, 0.15) is 0 Å². The van der Waals surface area contributed by atoms with E-state index in [2.05, 4.69) is 10.1 Å². The molecule has 0 unspecified atom stereocenters. The number of aryl methyl sites for hydroxylation is 2. The molecule has 0 aliphatic rings. The van der Waals surface area contributed by atoms with Gasteiger partial charge >= 0.3 is 11.7 Å². The van der Waals surface area contributed by atoms with E-state index >= 15 is 0 Å². The first-order valence-corrected chi connectivity index (χ1v) is 10.4. The van der Waals surface area contributed by atoms with Crippen molar-refractivity contribution in [2.24, 2.45) is 0 Å². The normalized spacial score (nSPS) is 11.1. The van der Waals surface area contributed by atoms with Gasteiger partial charge in [-0.15, -0.1) is 11.8 Å². The van der Waals surface area contributed by atoms with E-state index in [9.17, 15) is 9.59 Å². The van der Waals surface area contributed by atoms with E-state index in [4.69, 9.17) is 13.7 Å². The second-order valence-electron chi connectivity index (χ2n) is 6.50. The van der Waals surface area contributed by atoms with Crippen LogP contribution >= 0.6 is 11.8 Å². The number of fused-ring (bicyclic) bond motifs is 1. The molecule has 0 saturated carbocycles. The predicted octanol–water partition coefficient (Wildman–Crippen LogP) is 3.83. The largest absolute Gasteiger partial charge is 0.462 e. The van der Waals surface area contributed by atoms with E-state index in [1.165, 1.54) is 11.8 Å². The lowest BCUT2D eigenvalue weighted by atomic mass is 10.2. The van der Waals surface area contributed by atoms with Gasteiger partial charge in [0, 0.05) is 11.4 Å². The fraction of sp³-hybridized carbons (Fsp3) is 0.238. The first kappa shape index (κ1) is 20.0. The zero-order valence-corrected chi connectivity index (χ0v) is 17.1. The Morgan fingerprint density at radius 2 is 1.97 bits per heavy atom. The summed E-state index contributed by atoms with van der Waals surface area (Å²) in [4.78, 5) is 29.5. The predicted molar refractivity (Wildman–Crippen MR) is 110 cm³/mol. The highest BCUT2D eigenvalue weighted by Gasteiger charge is 2.15. The van der Waals surface area contributed by atoms with E-state index < -0.39 is 11.7 Å². The Morgan fingerprint density at radius 1 is 1.17 bits per heavy atom. The molecule has 154 valence electrons. The lowest BCUT2D eigenvalue weighted by molar-refractivity contribution is 0.0492. The molecule has 2 aromatic heterocycles. The standard InChI is InChI=1S/C21H19N3O5S/c1-14-22-19(29-23-14)13-30-18-10-5-2-7-15(18)20(25)27-12-6-11-24-16-8-3-4-9-17(16)28-21(24)26/h2-5,7-10H,6,11-13H2,1H3. The van der Waals surface area contributed by atoms with Crippen molar-refractivity contribution in [2.75, 3.05) is 6.61 Å². The number of para-hydroxylation sites is 2. The molecule has 0 atom stereocenters. The summed E-state index contributed by atoms with van der Waals surface area (Å²) in [5.74, 6) is 0.702. The zero-order chi connectivity index (χ0) is 20.9. The molecule has 0 aliphatic carbocycles. The van der Waals surface area contributed by atoms with E-state index in [0.29, 0.717) is 41.6 Å². The average molecular weight is 425 g/mol. The first-order valence-electron chi connectivity index (χ1n) is 9.38. The van der Waals surface area contributed by atoms with Crippen LogP contribution < -0.4 is 5.76 Å². The van der Waals surface area contributed by atoms with Gasteiger partial charge in [0.2, 0.25) is 5.89 Å². The smallest absolute Gasteiger partial charge is 0.419 e. The van der Waals surface area contributed by atoms with Crippen LogP contribution in [-0.2, 0) is 17.0 Å². The van der Waals surface area contributed by atoms with Crippen molar-refractivity contribution in [3.8, 4) is 0 Å². The lowest BCUT2D eigenvalue weighted by Gasteiger charge is -2.09. The van der Waals surface area contributed by atoms with Crippen LogP contribution in [0.25, 0.3) is 11.1 Å². The molecule has 8 nitrogen and oxygen atoms in total. The highest BCUT2D eigenvalue weighted by molar-refractivity contribution is 7.98. The van der Waals surface area contributed by atoms with E-state index in [-0.39, 0.29) is 6.61 Å². The Hall–Kier alpha value is -3.33. The van der Waals surface area contributed by atoms with Gasteiger partial charge in [-0.05, 0) is 37.6 Å². The summed E-state index contributed by atoms with van der Waals surface area (Å²) in [6, 6.07) is 14.4. The van der Waals surface area contributed by atoms with E-state index in [1.54, 1.807) is 29.7 Å². The molecule has 0 aliphatic heterocycles. The molecular weight excluding hydrogens is 406 g/mol. The van der Waals surface area contributed by atoms with Crippen molar-refractivity contribution in [2.45, 2.75) is 30.5 Å². The van der Waals surface area contributed by atoms with Crippen LogP contribution in [0.2, 0.25) is 0 Å². The maximum Gasteiger partial charge on any atom is 0.419 e. The molecule has 0 bridgehead atoms. The van der Waals surface area contributed by atoms with E-state index in [1.807, 2.05) is 30.3 Å². The molecule has 30 heavy (non-hydrogen) atoms. The number of oxazole rings is 1. The fourth-order valence-corrected chi connectivity index (χ4v) is 3.87. The Labute approximate surface area is 175 Å². The second-order valence-corrected chi connectivity index (χ2v) is 7.51. The van der Waals surface area contributed by atoms with Gasteiger partial charge < -0.3 is 13.7 Å². The summed E-state index contributed by atoms with van der Waals surface area (Å²) in [6.07, 6.45) is 0.492. The average Bonchev–Trinajstić information content (AvgIpc) is 3.32. The van der Waals surface area contributed by atoms with Crippen LogP contribution in [0.5, 0.6) is 0 Å². The molecule has 2 heterocycles. The maximum atomic E-state index is 12.5. The number of thioether (sulfide) groups is 1. The van der Waals surface area contributed by atoms with Crippen LogP contribution in [0.4, 0.5) is 0 Å². The summed E-state index contributed by atoms with van der Waals surface area (Å²) < 4.78 is 17.3. The van der Waals surface area contributed by atoms with Crippen LogP contribution in [-0.4, -0.2) is 27.3 Å². The number of hydrogen-bond acceptors (Lipinski definition) is 8. The third-order valence-electron chi connectivity index (χ3n) is 4.36. The van der Waals surface area contributed by atoms with Crippen molar-refractivity contribution in [3.63, 3.8) is 0 Å². The third-order valence-corrected chi connectivity index (χ3v) is 5.42. The number of ether oxygens (including phenoxy) is 1. The van der Waals surface area contributed by atoms with Crippen LogP contribution in [0.3, 0.4) is 0 Å². The number of carbonyl (C=O) groups excluding carboxylic acids is 1. The SMILES string of the molecule is Cc1noc(CSc2ccccc2C(=O)OCCCn2c(=O)oc3ccccc32)n1. The topological polar surface area (TPSA) is 100 Å². The number of hydrogen-bond donors (Lipinski definition) is 0. The van der Waals surface area contributed by atoms with Gasteiger partial charge in [-0.1, -0.05) is 29.4 Å². The number of nitrogens with zero attached hydrogens (tertiary/aromatic N) is 3. The van der Waals surface area contributed by atoms with E-state index in [0.717, 1.165) is 10.4 Å². The number of esters is 1. The number of carbonyl (C=O) groups is 1. The van der Waals surface area contributed by atoms with Gasteiger partial charge in [0.15, 0.2) is 11.4 Å². The van der Waals surface area contributed by atoms with Crippen molar-refractivity contribution in [1.82, 2.24) is 14.7 Å². The molecule has 4 aromatic rings. The van der Waals surface area contributed by atoms with Crippen molar-refractivity contribution >= 4 is 28.8 Å². The third kappa shape index (κ3) is 4.46. The molecule has 0 fully saturated rings. The molecule has 0 N–H and O–H groups in total. The fourth-order valence-electron chi connectivity index (χ4n) is 2.99. The summed E-state index contributed by atoms with van der Waals surface area (Å²) in [5, 5.41) is 3.76. The Kier molecular flexibility index (Phi) is 5.99. The van der Waals surface area contributed by atoms with Crippen molar-refractivity contribution < 1.29 is 18.5 Å². The monoisotopic (exact) mass is 425 g/mol. The summed E-state index contributed by atoms with van der Waals surface area (Å²) in [7, 11) is 0. The second kappa shape index (κ2) is 9.00. The van der Waals surface area contributed by atoms with Crippen molar-refractivity contribution in [3.05, 3.63) is 76.4 Å². The Morgan fingerprint density at radius 3 is 2.80 bits per heavy atom. The quantitative estimate of drug-likeness (QED) is 0.239. The Balaban J connectivity index is 1.34. The molecule has 9 heteroatoms. The molecule has 0 radical (unpaired) electrons. The summed E-state index contributed by atoms with van der Waals surface area (Å²) in [5.41, 5.74) is 1.75. The molecule has 0 amide bonds. The van der Waals surface area contributed by atoms with Gasteiger partial charge in [0.05, 0.1) is 23.4 Å². The van der Waals surface area contributed by atoms with Crippen molar-refractivity contribution in [1.29, 1.82) is 0 Å². The molecule has 2 aromatic carbocycles. The van der Waals surface area contributed by atoms with Crippen LogP contribution in [0.1, 0.15) is 28.5 Å². The number of benzene rings is 2. The highest BCUT2D eigenvalue weighted by atomic mass is 32.2. The maximum absolute atomic E-state index is 12.5. The first-order chi connectivity index (χ1) is 14.6.